The lowest BCUT2D eigenvalue weighted by Gasteiger charge is -2.15. The van der Waals surface area contributed by atoms with E-state index in [9.17, 15) is 9.90 Å². The third kappa shape index (κ3) is 2.45. The molecule has 2 rings (SSSR count). The second-order valence-electron chi connectivity index (χ2n) is 4.75. The minimum atomic E-state index is -0.176. The third-order valence-corrected chi connectivity index (χ3v) is 3.46. The zero-order valence-electron chi connectivity index (χ0n) is 10.3. The Morgan fingerprint density at radius 2 is 2.28 bits per heavy atom. The summed E-state index contributed by atoms with van der Waals surface area (Å²) >= 11 is 0. The minimum Gasteiger partial charge on any atom is -0.508 e. The maximum atomic E-state index is 12.0. The van der Waals surface area contributed by atoms with E-state index in [1.165, 1.54) is 6.07 Å². The summed E-state index contributed by atoms with van der Waals surface area (Å²) in [6.45, 7) is 1.75. The van der Waals surface area contributed by atoms with Crippen molar-refractivity contribution >= 4 is 5.91 Å². The largest absolute Gasteiger partial charge is 0.508 e. The molecule has 1 saturated carbocycles. The molecule has 2 atom stereocenters. The van der Waals surface area contributed by atoms with Crippen LogP contribution in [0.1, 0.15) is 35.2 Å². The van der Waals surface area contributed by atoms with E-state index in [0.29, 0.717) is 11.1 Å². The van der Waals surface area contributed by atoms with Gasteiger partial charge in [-0.3, -0.25) is 4.79 Å². The van der Waals surface area contributed by atoms with Gasteiger partial charge in [0.15, 0.2) is 0 Å². The minimum absolute atomic E-state index is 0.0448. The molecule has 0 heterocycles. The Kier molecular flexibility index (Phi) is 3.52. The summed E-state index contributed by atoms with van der Waals surface area (Å²) in [5.41, 5.74) is 1.19. The molecule has 1 aliphatic rings. The summed E-state index contributed by atoms with van der Waals surface area (Å²) in [4.78, 5) is 12.0. The lowest BCUT2D eigenvalue weighted by Crippen LogP contribution is -2.36. The standard InChI is InChI=1S/C14H16N2O2/c1-9-7-10(5-6-13(9)17)14(18)16-12-4-2-3-11(12)8-15/h5-7,11-12,17H,2-4H2,1H3,(H,16,18). The number of phenols is 1. The van der Waals surface area contributed by atoms with Gasteiger partial charge in [0.05, 0.1) is 12.0 Å². The number of rotatable bonds is 2. The number of hydrogen-bond acceptors (Lipinski definition) is 3. The number of benzene rings is 1. The van der Waals surface area contributed by atoms with E-state index in [0.717, 1.165) is 19.3 Å². The van der Waals surface area contributed by atoms with Crippen LogP contribution in [0.25, 0.3) is 0 Å². The highest BCUT2D eigenvalue weighted by Crippen LogP contribution is 2.25. The van der Waals surface area contributed by atoms with Gasteiger partial charge in [-0.25, -0.2) is 0 Å². The predicted octanol–water partition coefficient (Wildman–Crippen LogP) is 2.12. The molecule has 0 aromatic heterocycles. The number of phenolic OH excluding ortho intramolecular Hbond substituents is 1. The summed E-state index contributed by atoms with van der Waals surface area (Å²) < 4.78 is 0. The van der Waals surface area contributed by atoms with Crippen LogP contribution in [0.2, 0.25) is 0 Å². The molecule has 1 amide bonds. The molecule has 94 valence electrons. The fourth-order valence-corrected chi connectivity index (χ4v) is 2.34. The number of carbonyl (C=O) groups excluding carboxylic acids is 1. The molecule has 1 fully saturated rings. The van der Waals surface area contributed by atoms with E-state index in [1.54, 1.807) is 19.1 Å². The average molecular weight is 244 g/mol. The van der Waals surface area contributed by atoms with Gasteiger partial charge in [0.1, 0.15) is 5.75 Å². The molecule has 0 spiro atoms. The maximum absolute atomic E-state index is 12.0. The van der Waals surface area contributed by atoms with Crippen molar-refractivity contribution in [3.8, 4) is 11.8 Å². The molecule has 0 radical (unpaired) electrons. The summed E-state index contributed by atoms with van der Waals surface area (Å²) in [5, 5.41) is 21.3. The van der Waals surface area contributed by atoms with E-state index in [1.807, 2.05) is 0 Å². The summed E-state index contributed by atoms with van der Waals surface area (Å²) in [7, 11) is 0. The van der Waals surface area contributed by atoms with Crippen molar-refractivity contribution in [3.05, 3.63) is 29.3 Å². The normalized spacial score (nSPS) is 22.4. The molecule has 1 aliphatic carbocycles. The average Bonchev–Trinajstić information content (AvgIpc) is 2.79. The first-order valence-electron chi connectivity index (χ1n) is 6.12. The van der Waals surface area contributed by atoms with E-state index < -0.39 is 0 Å². The molecule has 4 nitrogen and oxygen atoms in total. The smallest absolute Gasteiger partial charge is 0.251 e. The number of amides is 1. The van der Waals surface area contributed by atoms with Gasteiger partial charge in [-0.1, -0.05) is 0 Å². The lowest BCUT2D eigenvalue weighted by atomic mass is 10.0. The Morgan fingerprint density at radius 3 is 2.94 bits per heavy atom. The Balaban J connectivity index is 2.08. The van der Waals surface area contributed by atoms with Crippen LogP contribution < -0.4 is 5.32 Å². The molecule has 18 heavy (non-hydrogen) atoms. The number of nitrogens with zero attached hydrogens (tertiary/aromatic N) is 1. The van der Waals surface area contributed by atoms with Crippen LogP contribution >= 0.6 is 0 Å². The van der Waals surface area contributed by atoms with Crippen molar-refractivity contribution in [2.45, 2.75) is 32.2 Å². The van der Waals surface area contributed by atoms with Crippen LogP contribution in [0.15, 0.2) is 18.2 Å². The van der Waals surface area contributed by atoms with Crippen LogP contribution in [-0.2, 0) is 0 Å². The van der Waals surface area contributed by atoms with Crippen molar-refractivity contribution < 1.29 is 9.90 Å². The first-order chi connectivity index (χ1) is 8.61. The van der Waals surface area contributed by atoms with Crippen LogP contribution in [0.4, 0.5) is 0 Å². The quantitative estimate of drug-likeness (QED) is 0.837. The van der Waals surface area contributed by atoms with Gasteiger partial charge >= 0.3 is 0 Å². The maximum Gasteiger partial charge on any atom is 0.251 e. The monoisotopic (exact) mass is 244 g/mol. The molecule has 1 aromatic carbocycles. The van der Waals surface area contributed by atoms with Gasteiger partial charge in [0.25, 0.3) is 5.91 Å². The molecular formula is C14H16N2O2. The summed E-state index contributed by atoms with van der Waals surface area (Å²) in [6.07, 6.45) is 2.70. The number of aryl methyl sites for hydroxylation is 1. The molecule has 0 bridgehead atoms. The van der Waals surface area contributed by atoms with Gasteiger partial charge in [-0.15, -0.1) is 0 Å². The van der Waals surface area contributed by atoms with Crippen molar-refractivity contribution in [1.29, 1.82) is 5.26 Å². The number of nitrogens with one attached hydrogen (secondary N) is 1. The fourth-order valence-electron chi connectivity index (χ4n) is 2.34. The highest BCUT2D eigenvalue weighted by atomic mass is 16.3. The van der Waals surface area contributed by atoms with Crippen molar-refractivity contribution in [2.75, 3.05) is 0 Å². The Morgan fingerprint density at radius 1 is 1.50 bits per heavy atom. The third-order valence-electron chi connectivity index (χ3n) is 3.46. The van der Waals surface area contributed by atoms with E-state index >= 15 is 0 Å². The van der Waals surface area contributed by atoms with Gasteiger partial charge in [-0.05, 0) is 49.9 Å². The SMILES string of the molecule is Cc1cc(C(=O)NC2CCCC2C#N)ccc1O. The Labute approximate surface area is 106 Å². The van der Waals surface area contributed by atoms with Crippen molar-refractivity contribution in [1.82, 2.24) is 5.32 Å². The predicted molar refractivity (Wildman–Crippen MR) is 67.1 cm³/mol. The Bertz CT molecular complexity index is 505. The van der Waals surface area contributed by atoms with Crippen molar-refractivity contribution in [2.24, 2.45) is 5.92 Å². The first kappa shape index (κ1) is 12.4. The summed E-state index contributed by atoms with van der Waals surface area (Å²) in [6, 6.07) is 6.95. The van der Waals surface area contributed by atoms with Gasteiger partial charge in [0.2, 0.25) is 0 Å². The fraction of sp³-hybridized carbons (Fsp3) is 0.429. The van der Waals surface area contributed by atoms with Gasteiger partial charge in [0, 0.05) is 11.6 Å². The molecule has 4 heteroatoms. The number of aromatic hydroxyl groups is 1. The second kappa shape index (κ2) is 5.09. The molecule has 0 aliphatic heterocycles. The molecule has 0 saturated heterocycles. The van der Waals surface area contributed by atoms with Crippen LogP contribution in [0, 0.1) is 24.2 Å². The molecule has 2 N–H and O–H groups in total. The van der Waals surface area contributed by atoms with Gasteiger partial charge < -0.3 is 10.4 Å². The van der Waals surface area contributed by atoms with Crippen LogP contribution in [-0.4, -0.2) is 17.1 Å². The van der Waals surface area contributed by atoms with Crippen LogP contribution in [0.3, 0.4) is 0 Å². The summed E-state index contributed by atoms with van der Waals surface area (Å²) in [5.74, 6) is -0.0697. The molecule has 1 aromatic rings. The second-order valence-corrected chi connectivity index (χ2v) is 4.75. The number of hydrogen-bond donors (Lipinski definition) is 2. The highest BCUT2D eigenvalue weighted by Gasteiger charge is 2.28. The highest BCUT2D eigenvalue weighted by molar-refractivity contribution is 5.94. The zero-order chi connectivity index (χ0) is 13.1. The zero-order valence-corrected chi connectivity index (χ0v) is 10.3. The van der Waals surface area contributed by atoms with Crippen molar-refractivity contribution in [3.63, 3.8) is 0 Å². The first-order valence-corrected chi connectivity index (χ1v) is 6.12. The van der Waals surface area contributed by atoms with E-state index in [4.69, 9.17) is 5.26 Å². The van der Waals surface area contributed by atoms with Gasteiger partial charge in [-0.2, -0.15) is 5.26 Å². The van der Waals surface area contributed by atoms with Crippen LogP contribution in [0.5, 0.6) is 5.75 Å². The number of carbonyl (C=O) groups is 1. The molecular weight excluding hydrogens is 228 g/mol. The number of nitriles is 1. The van der Waals surface area contributed by atoms with E-state index in [-0.39, 0.29) is 23.6 Å². The lowest BCUT2D eigenvalue weighted by molar-refractivity contribution is 0.0932. The van der Waals surface area contributed by atoms with E-state index in [2.05, 4.69) is 11.4 Å². The molecule has 2 unspecified atom stereocenters. The Hall–Kier alpha value is -2.02. The topological polar surface area (TPSA) is 73.1 Å².